The fourth-order valence-corrected chi connectivity index (χ4v) is 4.78. The van der Waals surface area contributed by atoms with Gasteiger partial charge in [-0.3, -0.25) is 0 Å². The summed E-state index contributed by atoms with van der Waals surface area (Å²) >= 11 is 0. The van der Waals surface area contributed by atoms with Crippen LogP contribution in [0.5, 0.6) is 0 Å². The summed E-state index contributed by atoms with van der Waals surface area (Å²) in [5, 5.41) is 0. The Kier molecular flexibility index (Phi) is 4.26. The van der Waals surface area contributed by atoms with Gasteiger partial charge in [0.05, 0.1) is 39.4 Å². The zero-order valence-electron chi connectivity index (χ0n) is 14.0. The molecule has 0 unspecified atom stereocenters. The average molecular weight is 302 g/mol. The third-order valence-corrected chi connectivity index (χ3v) is 5.68. The zero-order chi connectivity index (χ0) is 15.7. The lowest BCUT2D eigenvalue weighted by Gasteiger charge is -2.44. The van der Waals surface area contributed by atoms with Crippen LogP contribution in [0.15, 0.2) is 30.3 Å². The van der Waals surface area contributed by atoms with Gasteiger partial charge in [-0.05, 0) is 30.9 Å². The summed E-state index contributed by atoms with van der Waals surface area (Å²) in [6.45, 7) is 5.48. The van der Waals surface area contributed by atoms with Crippen LogP contribution >= 0.6 is 0 Å². The number of nitrogens with zero attached hydrogens (tertiary/aromatic N) is 1. The lowest BCUT2D eigenvalue weighted by Crippen LogP contribution is -2.54. The normalized spacial score (nSPS) is 33.2. The minimum atomic E-state index is -0.179. The van der Waals surface area contributed by atoms with E-state index in [4.69, 9.17) is 4.74 Å². The van der Waals surface area contributed by atoms with Crippen molar-refractivity contribution < 1.29 is 14.0 Å². The number of ether oxygens (including phenoxy) is 1. The molecule has 3 nitrogen and oxygen atoms in total. The van der Waals surface area contributed by atoms with Crippen LogP contribution in [0.4, 0.5) is 0 Å². The van der Waals surface area contributed by atoms with Crippen molar-refractivity contribution in [2.45, 2.75) is 19.8 Å². The first kappa shape index (κ1) is 15.5. The Bertz CT molecular complexity index is 525. The van der Waals surface area contributed by atoms with E-state index in [0.717, 1.165) is 16.3 Å². The number of carbonyl (C=O) groups is 1. The summed E-state index contributed by atoms with van der Waals surface area (Å²) in [5.41, 5.74) is 0.658. The monoisotopic (exact) mass is 302 g/mol. The van der Waals surface area contributed by atoms with Gasteiger partial charge in [0.25, 0.3) is 0 Å². The van der Waals surface area contributed by atoms with E-state index in [-0.39, 0.29) is 5.97 Å². The Morgan fingerprint density at radius 1 is 1.14 bits per heavy atom. The topological polar surface area (TPSA) is 26.3 Å². The number of quaternary nitrogens is 1. The lowest BCUT2D eigenvalue weighted by atomic mass is 9.77. The molecule has 0 N–H and O–H groups in total. The molecular formula is C19H28NO2+. The van der Waals surface area contributed by atoms with Crippen molar-refractivity contribution in [2.24, 2.45) is 23.7 Å². The maximum absolute atomic E-state index is 12.1. The van der Waals surface area contributed by atoms with Gasteiger partial charge < -0.3 is 9.22 Å². The molecule has 1 saturated carbocycles. The van der Waals surface area contributed by atoms with Gasteiger partial charge in [-0.2, -0.15) is 0 Å². The fraction of sp³-hybridized carbons (Fsp3) is 0.632. The van der Waals surface area contributed by atoms with Gasteiger partial charge in [0.1, 0.15) is 0 Å². The van der Waals surface area contributed by atoms with Gasteiger partial charge in [0.2, 0.25) is 0 Å². The van der Waals surface area contributed by atoms with Crippen LogP contribution in [0.25, 0.3) is 0 Å². The minimum Gasteiger partial charge on any atom is -0.462 e. The average Bonchev–Trinajstić information content (AvgIpc) is 2.87. The first-order valence-corrected chi connectivity index (χ1v) is 8.50. The molecule has 22 heavy (non-hydrogen) atoms. The Balaban J connectivity index is 1.60. The molecule has 1 heterocycles. The van der Waals surface area contributed by atoms with Gasteiger partial charge in [-0.15, -0.1) is 0 Å². The summed E-state index contributed by atoms with van der Waals surface area (Å²) in [6.07, 6.45) is 2.52. The number of carbonyl (C=O) groups excluding carboxylic acids is 1. The van der Waals surface area contributed by atoms with Crippen molar-refractivity contribution in [1.29, 1.82) is 0 Å². The predicted octanol–water partition coefficient (Wildman–Crippen LogP) is 3.21. The maximum atomic E-state index is 12.1. The molecule has 1 aliphatic heterocycles. The summed E-state index contributed by atoms with van der Waals surface area (Å²) in [6, 6.07) is 9.32. The van der Waals surface area contributed by atoms with E-state index in [2.05, 4.69) is 21.0 Å². The van der Waals surface area contributed by atoms with Crippen LogP contribution in [0.3, 0.4) is 0 Å². The number of fused-ring (bicyclic) bond motifs is 1. The number of hydrogen-bond donors (Lipinski definition) is 0. The first-order chi connectivity index (χ1) is 10.5. The van der Waals surface area contributed by atoms with Crippen LogP contribution in [0.1, 0.15) is 30.1 Å². The molecule has 0 spiro atoms. The molecule has 0 aromatic heterocycles. The number of esters is 1. The summed E-state index contributed by atoms with van der Waals surface area (Å²) in [5.74, 6) is 2.68. The van der Waals surface area contributed by atoms with Crippen LogP contribution < -0.4 is 0 Å². The molecule has 2 fully saturated rings. The first-order valence-electron chi connectivity index (χ1n) is 8.50. The largest absolute Gasteiger partial charge is 0.462 e. The van der Waals surface area contributed by atoms with E-state index >= 15 is 0 Å². The van der Waals surface area contributed by atoms with Crippen molar-refractivity contribution in [3.8, 4) is 0 Å². The molecule has 2 aliphatic rings. The zero-order valence-corrected chi connectivity index (χ0v) is 14.0. The van der Waals surface area contributed by atoms with Crippen molar-refractivity contribution in [2.75, 3.05) is 33.8 Å². The highest BCUT2D eigenvalue weighted by Gasteiger charge is 2.47. The molecule has 1 aromatic rings. The predicted molar refractivity (Wildman–Crippen MR) is 87.4 cm³/mol. The number of rotatable bonds is 3. The Labute approximate surface area is 133 Å². The lowest BCUT2D eigenvalue weighted by molar-refractivity contribution is -0.904. The van der Waals surface area contributed by atoms with Gasteiger partial charge in [-0.25, -0.2) is 4.79 Å². The SMILES string of the molecule is C[C@@H]1C[N+](C)(C)C[C@H]2[C@@H](COC(=O)c3ccccc3)CC[C@H]21. The van der Waals surface area contributed by atoms with E-state index in [9.17, 15) is 4.79 Å². The van der Waals surface area contributed by atoms with Crippen molar-refractivity contribution in [3.05, 3.63) is 35.9 Å². The number of benzene rings is 1. The summed E-state index contributed by atoms with van der Waals surface area (Å²) in [4.78, 5) is 12.1. The second-order valence-electron chi connectivity index (χ2n) is 7.91. The van der Waals surface area contributed by atoms with Crippen LogP contribution in [-0.4, -0.2) is 44.2 Å². The maximum Gasteiger partial charge on any atom is 0.338 e. The molecule has 0 radical (unpaired) electrons. The molecule has 3 rings (SSSR count). The Morgan fingerprint density at radius 2 is 1.86 bits per heavy atom. The molecule has 0 amide bonds. The van der Waals surface area contributed by atoms with Gasteiger partial charge in [0.15, 0.2) is 0 Å². The molecule has 4 atom stereocenters. The smallest absolute Gasteiger partial charge is 0.338 e. The second-order valence-corrected chi connectivity index (χ2v) is 7.91. The third-order valence-electron chi connectivity index (χ3n) is 5.68. The van der Waals surface area contributed by atoms with Crippen molar-refractivity contribution in [1.82, 2.24) is 0 Å². The van der Waals surface area contributed by atoms with Gasteiger partial charge in [-0.1, -0.05) is 25.1 Å². The molecule has 1 aromatic carbocycles. The Morgan fingerprint density at radius 3 is 2.59 bits per heavy atom. The van der Waals surface area contributed by atoms with Crippen molar-refractivity contribution >= 4 is 5.97 Å². The molecule has 3 heteroatoms. The number of piperidine rings is 1. The van der Waals surface area contributed by atoms with E-state index < -0.39 is 0 Å². The standard InChI is InChI=1S/C19H28NO2/c1-14-11-20(2,3)12-18-16(9-10-17(14)18)13-22-19(21)15-7-5-4-6-8-15/h4-8,14,16-18H,9-13H2,1-3H3/q+1/t14-,16-,17+,18+/m1/s1. The van der Waals surface area contributed by atoms with Gasteiger partial charge >= 0.3 is 5.97 Å². The highest BCUT2D eigenvalue weighted by molar-refractivity contribution is 5.89. The number of hydrogen-bond acceptors (Lipinski definition) is 2. The summed E-state index contributed by atoms with van der Waals surface area (Å²) < 4.78 is 6.72. The quantitative estimate of drug-likeness (QED) is 0.633. The molecule has 1 saturated heterocycles. The van der Waals surface area contributed by atoms with Gasteiger partial charge in [0, 0.05) is 17.8 Å². The fourth-order valence-electron chi connectivity index (χ4n) is 4.78. The second kappa shape index (κ2) is 6.04. The van der Waals surface area contributed by atoms with Crippen molar-refractivity contribution in [3.63, 3.8) is 0 Å². The molecule has 0 bridgehead atoms. The molecule has 1 aliphatic carbocycles. The third kappa shape index (κ3) is 3.19. The summed E-state index contributed by atoms with van der Waals surface area (Å²) in [7, 11) is 4.66. The van der Waals surface area contributed by atoms with Crippen LogP contribution in [0, 0.1) is 23.7 Å². The highest BCUT2D eigenvalue weighted by Crippen LogP contribution is 2.45. The molecule has 120 valence electrons. The molecular weight excluding hydrogens is 274 g/mol. The van der Waals surface area contributed by atoms with E-state index in [1.807, 2.05) is 30.3 Å². The van der Waals surface area contributed by atoms with Crippen LogP contribution in [-0.2, 0) is 4.74 Å². The van der Waals surface area contributed by atoms with E-state index in [0.29, 0.717) is 24.0 Å². The van der Waals surface area contributed by atoms with Crippen LogP contribution in [0.2, 0.25) is 0 Å². The number of likely N-dealkylation sites (tertiary alicyclic amines) is 1. The highest BCUT2D eigenvalue weighted by atomic mass is 16.5. The Hall–Kier alpha value is -1.35. The van der Waals surface area contributed by atoms with E-state index in [1.165, 1.54) is 25.9 Å². The minimum absolute atomic E-state index is 0.179. The van der Waals surface area contributed by atoms with E-state index in [1.54, 1.807) is 0 Å².